The number of likely N-dealkylation sites (N-methyl/N-ethyl adjacent to an activating group) is 2. The third kappa shape index (κ3) is 4.19. The van der Waals surface area contributed by atoms with Crippen molar-refractivity contribution in [3.05, 3.63) is 16.0 Å². The maximum Gasteiger partial charge on any atom is 0.338 e. The molecule has 116 valence electrons. The van der Waals surface area contributed by atoms with Crippen molar-refractivity contribution < 1.29 is 19.5 Å². The highest BCUT2D eigenvalue weighted by Crippen LogP contribution is 2.32. The molecule has 0 atom stereocenters. The number of thiophene rings is 1. The molecule has 1 heterocycles. The van der Waals surface area contributed by atoms with Crippen molar-refractivity contribution >= 4 is 34.2 Å². The lowest BCUT2D eigenvalue weighted by atomic mass is 10.1. The third-order valence-corrected chi connectivity index (χ3v) is 4.04. The quantitative estimate of drug-likeness (QED) is 0.770. The van der Waals surface area contributed by atoms with Crippen LogP contribution in [-0.2, 0) is 4.79 Å². The molecule has 21 heavy (non-hydrogen) atoms. The highest BCUT2D eigenvalue weighted by molar-refractivity contribution is 7.16. The minimum Gasteiger partial charge on any atom is -0.478 e. The summed E-state index contributed by atoms with van der Waals surface area (Å²) < 4.78 is 0. The molecule has 1 aromatic heterocycles. The van der Waals surface area contributed by atoms with Crippen LogP contribution in [0.5, 0.6) is 0 Å². The first-order chi connectivity index (χ1) is 9.77. The summed E-state index contributed by atoms with van der Waals surface area (Å²) in [6, 6.07) is -0.523. The second-order valence-corrected chi connectivity index (χ2v) is 5.76. The van der Waals surface area contributed by atoms with Gasteiger partial charge in [-0.2, -0.15) is 0 Å². The predicted octanol–water partition coefficient (Wildman–Crippen LogP) is 1.66. The number of anilines is 1. The Morgan fingerprint density at radius 3 is 2.43 bits per heavy atom. The molecule has 0 aliphatic heterocycles. The zero-order valence-corrected chi connectivity index (χ0v) is 13.3. The Hall–Kier alpha value is -2.09. The molecule has 0 aliphatic carbocycles. The maximum atomic E-state index is 12.0. The predicted molar refractivity (Wildman–Crippen MR) is 81.1 cm³/mol. The number of amides is 3. The van der Waals surface area contributed by atoms with E-state index in [0.717, 1.165) is 4.88 Å². The zero-order chi connectivity index (χ0) is 16.2. The van der Waals surface area contributed by atoms with E-state index >= 15 is 0 Å². The number of carbonyl (C=O) groups excluding carboxylic acids is 2. The molecule has 0 saturated heterocycles. The Morgan fingerprint density at radius 1 is 1.29 bits per heavy atom. The van der Waals surface area contributed by atoms with E-state index in [4.69, 9.17) is 0 Å². The van der Waals surface area contributed by atoms with Gasteiger partial charge in [-0.15, -0.1) is 11.3 Å². The number of hydrogen-bond donors (Lipinski definition) is 3. The maximum absolute atomic E-state index is 12.0. The highest BCUT2D eigenvalue weighted by atomic mass is 32.1. The summed E-state index contributed by atoms with van der Waals surface area (Å²) in [6.45, 7) is 5.67. The molecule has 7 nitrogen and oxygen atoms in total. The van der Waals surface area contributed by atoms with Gasteiger partial charge < -0.3 is 15.3 Å². The first-order valence-corrected chi connectivity index (χ1v) is 7.21. The van der Waals surface area contributed by atoms with Gasteiger partial charge in [0.25, 0.3) is 0 Å². The van der Waals surface area contributed by atoms with Gasteiger partial charge in [0, 0.05) is 18.5 Å². The van der Waals surface area contributed by atoms with Crippen LogP contribution < -0.4 is 10.6 Å². The topological polar surface area (TPSA) is 98.7 Å². The van der Waals surface area contributed by atoms with Crippen molar-refractivity contribution in [1.82, 2.24) is 10.2 Å². The van der Waals surface area contributed by atoms with Gasteiger partial charge in [-0.25, -0.2) is 9.59 Å². The van der Waals surface area contributed by atoms with Crippen LogP contribution in [0.1, 0.15) is 27.7 Å². The number of carboxylic acids is 1. The molecule has 0 fully saturated rings. The van der Waals surface area contributed by atoms with Gasteiger partial charge in [0.15, 0.2) is 0 Å². The van der Waals surface area contributed by atoms with Crippen LogP contribution in [0.25, 0.3) is 0 Å². The lowest BCUT2D eigenvalue weighted by Crippen LogP contribution is -2.40. The van der Waals surface area contributed by atoms with Crippen molar-refractivity contribution in [1.29, 1.82) is 0 Å². The zero-order valence-electron chi connectivity index (χ0n) is 12.4. The fourth-order valence-corrected chi connectivity index (χ4v) is 2.75. The molecule has 0 radical (unpaired) electrons. The van der Waals surface area contributed by atoms with E-state index in [-0.39, 0.29) is 23.0 Å². The van der Waals surface area contributed by atoms with E-state index < -0.39 is 12.0 Å². The Bertz CT molecular complexity index is 568. The van der Waals surface area contributed by atoms with Crippen LogP contribution in [0.4, 0.5) is 9.80 Å². The lowest BCUT2D eigenvalue weighted by molar-refractivity contribution is -0.121. The Kier molecular flexibility index (Phi) is 5.71. The molecule has 1 rings (SSSR count). The van der Waals surface area contributed by atoms with Gasteiger partial charge in [-0.3, -0.25) is 10.1 Å². The number of aromatic carboxylic acids is 1. The van der Waals surface area contributed by atoms with Crippen molar-refractivity contribution in [3.63, 3.8) is 0 Å². The monoisotopic (exact) mass is 313 g/mol. The second-order valence-electron chi connectivity index (χ2n) is 4.53. The minimum atomic E-state index is -1.08. The van der Waals surface area contributed by atoms with Crippen molar-refractivity contribution in [2.45, 2.75) is 20.8 Å². The van der Waals surface area contributed by atoms with Gasteiger partial charge in [0.05, 0.1) is 5.56 Å². The Morgan fingerprint density at radius 2 is 1.90 bits per heavy atom. The number of carboxylic acid groups (broad SMARTS) is 1. The average Bonchev–Trinajstić information content (AvgIpc) is 2.64. The summed E-state index contributed by atoms with van der Waals surface area (Å²) in [5.41, 5.74) is 0.728. The molecule has 0 unspecified atom stereocenters. The highest BCUT2D eigenvalue weighted by Gasteiger charge is 2.22. The molecule has 3 amide bonds. The van der Waals surface area contributed by atoms with Crippen LogP contribution in [-0.4, -0.2) is 48.1 Å². The summed E-state index contributed by atoms with van der Waals surface area (Å²) in [5.74, 6) is -1.36. The molecule has 0 saturated carbocycles. The lowest BCUT2D eigenvalue weighted by Gasteiger charge is -2.17. The van der Waals surface area contributed by atoms with E-state index in [1.165, 1.54) is 23.3 Å². The van der Waals surface area contributed by atoms with Gasteiger partial charge >= 0.3 is 12.0 Å². The van der Waals surface area contributed by atoms with Gasteiger partial charge in [0.1, 0.15) is 11.5 Å². The van der Waals surface area contributed by atoms with Crippen molar-refractivity contribution in [2.24, 2.45) is 0 Å². The second kappa shape index (κ2) is 7.07. The average molecular weight is 313 g/mol. The van der Waals surface area contributed by atoms with E-state index in [1.54, 1.807) is 20.8 Å². The standard InChI is InChI=1S/C13H19N3O4S/c1-5-14-9(17)6-16(4)13(20)15-11-10(12(18)19)7(2)8(3)21-11/h5-6H2,1-4H3,(H,14,17)(H,15,20)(H,18,19). The SMILES string of the molecule is CCNC(=O)CN(C)C(=O)Nc1sc(C)c(C)c1C(=O)O. The summed E-state index contributed by atoms with van der Waals surface area (Å²) in [7, 11) is 1.47. The third-order valence-electron chi connectivity index (χ3n) is 2.92. The molecule has 1 aromatic rings. The molecule has 8 heteroatoms. The number of nitrogens with one attached hydrogen (secondary N) is 2. The normalized spacial score (nSPS) is 10.1. The van der Waals surface area contributed by atoms with E-state index in [0.29, 0.717) is 12.1 Å². The Labute approximate surface area is 126 Å². The molecule has 0 bridgehead atoms. The van der Waals surface area contributed by atoms with Gasteiger partial charge in [-0.05, 0) is 26.3 Å². The number of nitrogens with zero attached hydrogens (tertiary/aromatic N) is 1. The molecule has 0 aliphatic rings. The first kappa shape index (κ1) is 17.0. The van der Waals surface area contributed by atoms with E-state index in [9.17, 15) is 19.5 Å². The molecular weight excluding hydrogens is 294 g/mol. The fourth-order valence-electron chi connectivity index (χ4n) is 1.71. The number of carbonyl (C=O) groups is 3. The van der Waals surface area contributed by atoms with E-state index in [2.05, 4.69) is 10.6 Å². The van der Waals surface area contributed by atoms with Crippen LogP contribution in [0, 0.1) is 13.8 Å². The van der Waals surface area contributed by atoms with Crippen molar-refractivity contribution in [2.75, 3.05) is 25.5 Å². The number of urea groups is 1. The largest absolute Gasteiger partial charge is 0.478 e. The Balaban J connectivity index is 2.82. The molecule has 0 aromatic carbocycles. The molecule has 3 N–H and O–H groups in total. The van der Waals surface area contributed by atoms with Crippen molar-refractivity contribution in [3.8, 4) is 0 Å². The first-order valence-electron chi connectivity index (χ1n) is 6.40. The number of hydrogen-bond acceptors (Lipinski definition) is 4. The summed E-state index contributed by atoms with van der Waals surface area (Å²) in [4.78, 5) is 36.7. The smallest absolute Gasteiger partial charge is 0.338 e. The summed E-state index contributed by atoms with van der Waals surface area (Å²) in [6.07, 6.45) is 0. The molecular formula is C13H19N3O4S. The van der Waals surface area contributed by atoms with E-state index in [1.807, 2.05) is 0 Å². The van der Waals surface area contributed by atoms with Crippen LogP contribution in [0.15, 0.2) is 0 Å². The minimum absolute atomic E-state index is 0.0918. The fraction of sp³-hybridized carbons (Fsp3) is 0.462. The van der Waals surface area contributed by atoms with Gasteiger partial charge in [-0.1, -0.05) is 0 Å². The molecule has 0 spiro atoms. The van der Waals surface area contributed by atoms with Gasteiger partial charge in [0.2, 0.25) is 5.91 Å². The van der Waals surface area contributed by atoms with Crippen LogP contribution in [0.3, 0.4) is 0 Å². The van der Waals surface area contributed by atoms with Crippen LogP contribution >= 0.6 is 11.3 Å². The summed E-state index contributed by atoms with van der Waals surface area (Å²) in [5, 5.41) is 14.6. The number of aryl methyl sites for hydroxylation is 1. The number of rotatable bonds is 5. The van der Waals surface area contributed by atoms with Crippen LogP contribution in [0.2, 0.25) is 0 Å². The summed E-state index contributed by atoms with van der Waals surface area (Å²) >= 11 is 1.20.